The van der Waals surface area contributed by atoms with Crippen LogP contribution in [0, 0.1) is 6.92 Å². The summed E-state index contributed by atoms with van der Waals surface area (Å²) in [6.07, 6.45) is 0. The number of ether oxygens (including phenoxy) is 1. The maximum Gasteiger partial charge on any atom is 0.255 e. The van der Waals surface area contributed by atoms with E-state index in [1.54, 1.807) is 79.9 Å². The fourth-order valence-electron chi connectivity index (χ4n) is 2.68. The van der Waals surface area contributed by atoms with Gasteiger partial charge in [-0.1, -0.05) is 29.8 Å². The van der Waals surface area contributed by atoms with E-state index in [-0.39, 0.29) is 11.7 Å². The summed E-state index contributed by atoms with van der Waals surface area (Å²) in [5.74, 6) is 0.325. The van der Waals surface area contributed by atoms with Gasteiger partial charge in [-0.05, 0) is 61.0 Å². The minimum Gasteiger partial charge on any atom is -0.497 e. The van der Waals surface area contributed by atoms with Crippen LogP contribution in [0.15, 0.2) is 77.7 Å². The molecule has 0 aliphatic carbocycles. The second-order valence-electron chi connectivity index (χ2n) is 6.45. The highest BCUT2D eigenvalue weighted by Crippen LogP contribution is 2.19. The molecule has 1 N–H and O–H groups in total. The van der Waals surface area contributed by atoms with Crippen LogP contribution in [0.1, 0.15) is 21.5 Å². The lowest BCUT2D eigenvalue weighted by atomic mass is 10.1. The van der Waals surface area contributed by atoms with Gasteiger partial charge >= 0.3 is 0 Å². The van der Waals surface area contributed by atoms with Crippen molar-refractivity contribution in [2.75, 3.05) is 12.4 Å². The number of amides is 1. The third-order valence-corrected chi connectivity index (χ3v) is 6.00. The Hall–Kier alpha value is -3.12. The molecule has 3 aromatic rings. The van der Waals surface area contributed by atoms with Gasteiger partial charge in [0.2, 0.25) is 0 Å². The Balaban J connectivity index is 1.68. The monoisotopic (exact) mass is 395 g/mol. The van der Waals surface area contributed by atoms with E-state index >= 15 is 0 Å². The van der Waals surface area contributed by atoms with Gasteiger partial charge in [0.05, 0.1) is 17.8 Å². The summed E-state index contributed by atoms with van der Waals surface area (Å²) in [5, 5.41) is 2.80. The van der Waals surface area contributed by atoms with E-state index in [2.05, 4.69) is 5.32 Å². The molecule has 144 valence electrons. The average Bonchev–Trinajstić information content (AvgIpc) is 2.69. The number of carbonyl (C=O) groups is 1. The second-order valence-corrected chi connectivity index (χ2v) is 8.44. The van der Waals surface area contributed by atoms with E-state index in [1.807, 2.05) is 6.92 Å². The fraction of sp³-hybridized carbons (Fsp3) is 0.136. The van der Waals surface area contributed by atoms with E-state index in [0.29, 0.717) is 27.5 Å². The highest BCUT2D eigenvalue weighted by atomic mass is 32.2. The lowest BCUT2D eigenvalue weighted by Crippen LogP contribution is -2.12. The van der Waals surface area contributed by atoms with Gasteiger partial charge in [-0.15, -0.1) is 0 Å². The number of nitrogens with one attached hydrogen (secondary N) is 1. The van der Waals surface area contributed by atoms with Gasteiger partial charge in [0.25, 0.3) is 5.91 Å². The van der Waals surface area contributed by atoms with Crippen LogP contribution in [0.5, 0.6) is 5.75 Å². The molecule has 0 fully saturated rings. The van der Waals surface area contributed by atoms with Gasteiger partial charge in [-0.25, -0.2) is 8.42 Å². The van der Waals surface area contributed by atoms with Crippen LogP contribution in [0.2, 0.25) is 0 Å². The number of methoxy groups -OCH3 is 1. The summed E-state index contributed by atoms with van der Waals surface area (Å²) in [6.45, 7) is 1.91. The molecule has 0 radical (unpaired) electrons. The van der Waals surface area contributed by atoms with E-state index in [9.17, 15) is 13.2 Å². The smallest absolute Gasteiger partial charge is 0.255 e. The highest BCUT2D eigenvalue weighted by Gasteiger charge is 2.15. The van der Waals surface area contributed by atoms with Crippen LogP contribution in [0.25, 0.3) is 0 Å². The Morgan fingerprint density at radius 1 is 0.893 bits per heavy atom. The lowest BCUT2D eigenvalue weighted by Gasteiger charge is -2.08. The molecule has 0 aliphatic heterocycles. The number of rotatable bonds is 6. The Morgan fingerprint density at radius 2 is 1.50 bits per heavy atom. The highest BCUT2D eigenvalue weighted by molar-refractivity contribution is 7.90. The van der Waals surface area contributed by atoms with Gasteiger partial charge in [0, 0.05) is 11.3 Å². The second kappa shape index (κ2) is 8.27. The molecule has 28 heavy (non-hydrogen) atoms. The molecule has 0 aromatic heterocycles. The summed E-state index contributed by atoms with van der Waals surface area (Å²) in [6, 6.07) is 20.4. The maximum atomic E-state index is 12.5. The van der Waals surface area contributed by atoms with Gasteiger partial charge in [-0.3, -0.25) is 4.79 Å². The molecule has 0 heterocycles. The number of sulfone groups is 1. The SMILES string of the molecule is COc1ccc(NC(=O)c2ccc(CS(=O)(=O)c3ccc(C)cc3)cc2)cc1. The number of carbonyl (C=O) groups excluding carboxylic acids is 1. The van der Waals surface area contributed by atoms with Crippen molar-refractivity contribution in [3.8, 4) is 5.75 Å². The Labute approximate surface area is 164 Å². The molecule has 0 unspecified atom stereocenters. The minimum atomic E-state index is -3.43. The average molecular weight is 395 g/mol. The molecular weight excluding hydrogens is 374 g/mol. The predicted octanol–water partition coefficient (Wildman–Crippen LogP) is 4.23. The number of anilines is 1. The third-order valence-electron chi connectivity index (χ3n) is 4.30. The molecule has 0 bridgehead atoms. The number of hydrogen-bond acceptors (Lipinski definition) is 4. The summed E-state index contributed by atoms with van der Waals surface area (Å²) in [4.78, 5) is 12.6. The Bertz CT molecular complexity index is 1060. The van der Waals surface area contributed by atoms with E-state index < -0.39 is 9.84 Å². The quantitative estimate of drug-likeness (QED) is 0.678. The largest absolute Gasteiger partial charge is 0.497 e. The van der Waals surface area contributed by atoms with Crippen molar-refractivity contribution in [1.29, 1.82) is 0 Å². The van der Waals surface area contributed by atoms with Crippen molar-refractivity contribution in [1.82, 2.24) is 0 Å². The first kappa shape index (κ1) is 19.6. The van der Waals surface area contributed by atoms with Crippen LogP contribution >= 0.6 is 0 Å². The molecule has 0 saturated carbocycles. The minimum absolute atomic E-state index is 0.115. The van der Waals surface area contributed by atoms with Crippen molar-refractivity contribution in [2.45, 2.75) is 17.6 Å². The summed E-state index contributed by atoms with van der Waals surface area (Å²) < 4.78 is 30.2. The van der Waals surface area contributed by atoms with Crippen LogP contribution in [0.3, 0.4) is 0 Å². The van der Waals surface area contributed by atoms with Crippen LogP contribution in [-0.4, -0.2) is 21.4 Å². The molecule has 1 amide bonds. The van der Waals surface area contributed by atoms with E-state index in [0.717, 1.165) is 5.56 Å². The predicted molar refractivity (Wildman–Crippen MR) is 109 cm³/mol. The molecular formula is C22H21NO4S. The van der Waals surface area contributed by atoms with Crippen molar-refractivity contribution in [2.24, 2.45) is 0 Å². The molecule has 6 heteroatoms. The molecule has 3 aromatic carbocycles. The van der Waals surface area contributed by atoms with Gasteiger partial charge in [-0.2, -0.15) is 0 Å². The van der Waals surface area contributed by atoms with Gasteiger partial charge in [0.1, 0.15) is 5.75 Å². The van der Waals surface area contributed by atoms with Crippen LogP contribution in [0.4, 0.5) is 5.69 Å². The summed E-state index contributed by atoms with van der Waals surface area (Å²) >= 11 is 0. The Morgan fingerprint density at radius 3 is 2.07 bits per heavy atom. The fourth-order valence-corrected chi connectivity index (χ4v) is 4.03. The maximum absolute atomic E-state index is 12.5. The van der Waals surface area contributed by atoms with Gasteiger partial charge in [0.15, 0.2) is 9.84 Å². The number of aryl methyl sites for hydroxylation is 1. The summed E-state index contributed by atoms with van der Waals surface area (Å²) in [5.41, 5.74) is 2.73. The van der Waals surface area contributed by atoms with E-state index in [1.165, 1.54) is 0 Å². The zero-order valence-corrected chi connectivity index (χ0v) is 16.5. The zero-order chi connectivity index (χ0) is 20.1. The topological polar surface area (TPSA) is 72.5 Å². The van der Waals surface area contributed by atoms with Crippen molar-refractivity contribution in [3.05, 3.63) is 89.5 Å². The van der Waals surface area contributed by atoms with E-state index in [4.69, 9.17) is 4.74 Å². The first-order valence-electron chi connectivity index (χ1n) is 8.71. The molecule has 5 nitrogen and oxygen atoms in total. The molecule has 3 rings (SSSR count). The van der Waals surface area contributed by atoms with Crippen LogP contribution < -0.4 is 10.1 Å². The molecule has 0 atom stereocenters. The third kappa shape index (κ3) is 4.78. The van der Waals surface area contributed by atoms with Gasteiger partial charge < -0.3 is 10.1 Å². The lowest BCUT2D eigenvalue weighted by molar-refractivity contribution is 0.102. The number of benzene rings is 3. The first-order valence-corrected chi connectivity index (χ1v) is 10.4. The van der Waals surface area contributed by atoms with Crippen molar-refractivity contribution in [3.63, 3.8) is 0 Å². The molecule has 0 saturated heterocycles. The van der Waals surface area contributed by atoms with Crippen LogP contribution in [-0.2, 0) is 15.6 Å². The normalized spacial score (nSPS) is 11.1. The van der Waals surface area contributed by atoms with Crippen molar-refractivity contribution >= 4 is 21.4 Å². The Kier molecular flexibility index (Phi) is 5.80. The number of hydrogen-bond donors (Lipinski definition) is 1. The zero-order valence-electron chi connectivity index (χ0n) is 15.7. The molecule has 0 spiro atoms. The first-order chi connectivity index (χ1) is 13.4. The molecule has 0 aliphatic rings. The standard InChI is InChI=1S/C22H21NO4S/c1-16-3-13-21(14-4-16)28(25,26)15-17-5-7-18(8-6-17)22(24)23-19-9-11-20(27-2)12-10-19/h3-14H,15H2,1-2H3,(H,23,24). The summed E-state index contributed by atoms with van der Waals surface area (Å²) in [7, 11) is -1.85. The van der Waals surface area contributed by atoms with Crippen molar-refractivity contribution < 1.29 is 17.9 Å².